The molecule has 0 fully saturated rings. The Morgan fingerprint density at radius 1 is 1.38 bits per heavy atom. The third-order valence-electron chi connectivity index (χ3n) is 3.47. The summed E-state index contributed by atoms with van der Waals surface area (Å²) < 4.78 is 34.0. The largest absolute Gasteiger partial charge is 0.495 e. The van der Waals surface area contributed by atoms with Gasteiger partial charge in [-0.15, -0.1) is 4.40 Å². The number of amides is 1. The number of allylic oxidation sites excluding steroid dienone is 2. The molecule has 0 spiro atoms. The Kier molecular flexibility index (Phi) is 5.51. The summed E-state index contributed by atoms with van der Waals surface area (Å²) in [6.45, 7) is 3.25. The third kappa shape index (κ3) is 4.48. The fourth-order valence-corrected chi connectivity index (χ4v) is 3.58. The van der Waals surface area contributed by atoms with Crippen LogP contribution in [0.1, 0.15) is 26.7 Å². The fraction of sp³-hybridized carbons (Fsp3) is 0.333. The molecule has 0 aliphatic carbocycles. The number of hydrogen-bond acceptors (Lipinski definition) is 4. The van der Waals surface area contributed by atoms with Crippen molar-refractivity contribution >= 4 is 39.1 Å². The molecule has 0 atom stereocenters. The van der Waals surface area contributed by atoms with E-state index in [1.807, 2.05) is 0 Å². The van der Waals surface area contributed by atoms with E-state index in [-0.39, 0.29) is 12.3 Å². The van der Waals surface area contributed by atoms with Crippen molar-refractivity contribution in [2.45, 2.75) is 26.7 Å². The summed E-state index contributed by atoms with van der Waals surface area (Å²) in [6.07, 6.45) is 0.523. The van der Waals surface area contributed by atoms with E-state index < -0.39 is 10.2 Å². The molecule has 0 saturated carbocycles. The minimum atomic E-state index is -3.67. The van der Waals surface area contributed by atoms with Crippen molar-refractivity contribution in [3.8, 4) is 5.75 Å². The smallest absolute Gasteiger partial charge is 0.342 e. The molecule has 0 saturated heterocycles. The van der Waals surface area contributed by atoms with E-state index >= 15 is 0 Å². The van der Waals surface area contributed by atoms with Gasteiger partial charge in [0.15, 0.2) is 0 Å². The molecule has 2 N–H and O–H groups in total. The molecular formula is C15H18ClN3O4S. The van der Waals surface area contributed by atoms with Crippen LogP contribution in [-0.4, -0.2) is 27.1 Å². The number of carbonyl (C=O) groups is 1. The Balaban J connectivity index is 2.05. The Labute approximate surface area is 145 Å². The highest BCUT2D eigenvalue weighted by Crippen LogP contribution is 2.28. The number of nitrogens with one attached hydrogen (secondary N) is 2. The van der Waals surface area contributed by atoms with E-state index in [2.05, 4.69) is 14.4 Å². The molecule has 130 valence electrons. The molecule has 1 aromatic carbocycles. The highest BCUT2D eigenvalue weighted by molar-refractivity contribution is 7.88. The second kappa shape index (κ2) is 7.23. The lowest BCUT2D eigenvalue weighted by molar-refractivity contribution is -0.116. The molecular weight excluding hydrogens is 354 g/mol. The van der Waals surface area contributed by atoms with Crippen LogP contribution in [0.5, 0.6) is 5.75 Å². The molecule has 1 aliphatic heterocycles. The van der Waals surface area contributed by atoms with E-state index in [0.717, 1.165) is 0 Å². The van der Waals surface area contributed by atoms with Gasteiger partial charge in [0.1, 0.15) is 5.75 Å². The van der Waals surface area contributed by atoms with Crippen LogP contribution in [-0.2, 0) is 15.0 Å². The quantitative estimate of drug-likeness (QED) is 0.831. The van der Waals surface area contributed by atoms with Gasteiger partial charge in [0.25, 0.3) is 0 Å². The average molecular weight is 372 g/mol. The maximum atomic E-state index is 12.2. The number of benzene rings is 1. The molecule has 7 nitrogen and oxygen atoms in total. The first-order valence-electron chi connectivity index (χ1n) is 7.14. The molecule has 1 aromatic rings. The number of ether oxygens (including phenoxy) is 1. The van der Waals surface area contributed by atoms with Crippen LogP contribution in [0.25, 0.3) is 0 Å². The zero-order valence-electron chi connectivity index (χ0n) is 13.5. The van der Waals surface area contributed by atoms with Gasteiger partial charge in [0.2, 0.25) is 5.91 Å². The zero-order valence-corrected chi connectivity index (χ0v) is 15.1. The molecule has 0 aromatic heterocycles. The molecule has 2 rings (SSSR count). The van der Waals surface area contributed by atoms with Crippen molar-refractivity contribution in [2.75, 3.05) is 12.4 Å². The molecule has 0 unspecified atom stereocenters. The first-order chi connectivity index (χ1) is 11.2. The fourth-order valence-electron chi connectivity index (χ4n) is 2.38. The highest BCUT2D eigenvalue weighted by Gasteiger charge is 2.21. The van der Waals surface area contributed by atoms with Crippen LogP contribution in [0.2, 0.25) is 5.02 Å². The Morgan fingerprint density at radius 2 is 2.08 bits per heavy atom. The van der Waals surface area contributed by atoms with Gasteiger partial charge in [-0.2, -0.15) is 8.42 Å². The molecule has 1 amide bonds. The standard InChI is InChI=1S/C15H18ClN3O4S/c1-9-12(10(2)19-24(21,22)18-9)5-7-15(20)17-13-8-11(16)4-6-14(13)23-3/h4,6,8,18H,5,7H2,1-3H3,(H,17,20). The van der Waals surface area contributed by atoms with Crippen molar-refractivity contribution < 1.29 is 17.9 Å². The second-order valence-corrected chi connectivity index (χ2v) is 7.02. The number of hydrogen-bond donors (Lipinski definition) is 2. The van der Waals surface area contributed by atoms with Crippen LogP contribution in [0.3, 0.4) is 0 Å². The lowest BCUT2D eigenvalue weighted by Crippen LogP contribution is -2.28. The summed E-state index contributed by atoms with van der Waals surface area (Å²) in [6, 6.07) is 4.93. The van der Waals surface area contributed by atoms with Crippen molar-refractivity contribution in [2.24, 2.45) is 4.40 Å². The number of methoxy groups -OCH3 is 1. The van der Waals surface area contributed by atoms with Crippen LogP contribution in [0.4, 0.5) is 5.69 Å². The third-order valence-corrected chi connectivity index (χ3v) is 4.78. The molecule has 0 radical (unpaired) electrons. The molecule has 1 heterocycles. The number of nitrogens with zero attached hydrogens (tertiary/aromatic N) is 1. The van der Waals surface area contributed by atoms with Gasteiger partial charge >= 0.3 is 10.2 Å². The van der Waals surface area contributed by atoms with E-state index in [1.165, 1.54) is 7.11 Å². The van der Waals surface area contributed by atoms with Gasteiger partial charge in [-0.25, -0.2) is 0 Å². The zero-order chi connectivity index (χ0) is 17.9. The number of rotatable bonds is 5. The van der Waals surface area contributed by atoms with Gasteiger partial charge in [-0.05, 0) is 44.0 Å². The summed E-state index contributed by atoms with van der Waals surface area (Å²) in [7, 11) is -2.17. The van der Waals surface area contributed by atoms with Gasteiger partial charge in [0.05, 0.1) is 18.5 Å². The summed E-state index contributed by atoms with van der Waals surface area (Å²) >= 11 is 5.93. The number of anilines is 1. The molecule has 1 aliphatic rings. The van der Waals surface area contributed by atoms with E-state index in [0.29, 0.717) is 39.9 Å². The SMILES string of the molecule is COc1ccc(Cl)cc1NC(=O)CCC1=C(C)NS(=O)(=O)N=C1C. The van der Waals surface area contributed by atoms with Crippen LogP contribution < -0.4 is 14.8 Å². The second-order valence-electron chi connectivity index (χ2n) is 5.25. The predicted molar refractivity (Wildman–Crippen MR) is 93.7 cm³/mol. The lowest BCUT2D eigenvalue weighted by atomic mass is 10.0. The van der Waals surface area contributed by atoms with Crippen LogP contribution >= 0.6 is 11.6 Å². The topological polar surface area (TPSA) is 96.9 Å². The summed E-state index contributed by atoms with van der Waals surface area (Å²) in [5, 5.41) is 3.22. The number of halogens is 1. The highest BCUT2D eigenvalue weighted by atomic mass is 35.5. The van der Waals surface area contributed by atoms with Crippen molar-refractivity contribution in [3.05, 3.63) is 34.5 Å². The van der Waals surface area contributed by atoms with Crippen LogP contribution in [0.15, 0.2) is 33.9 Å². The van der Waals surface area contributed by atoms with Crippen molar-refractivity contribution in [1.82, 2.24) is 4.72 Å². The van der Waals surface area contributed by atoms with E-state index in [4.69, 9.17) is 16.3 Å². The minimum Gasteiger partial charge on any atom is -0.495 e. The monoisotopic (exact) mass is 371 g/mol. The first-order valence-corrected chi connectivity index (χ1v) is 8.96. The van der Waals surface area contributed by atoms with Gasteiger partial charge in [-0.3, -0.25) is 9.52 Å². The maximum Gasteiger partial charge on any atom is 0.342 e. The molecule has 9 heteroatoms. The predicted octanol–water partition coefficient (Wildman–Crippen LogP) is 2.65. The van der Waals surface area contributed by atoms with Crippen molar-refractivity contribution in [3.63, 3.8) is 0 Å². The summed E-state index contributed by atoms with van der Waals surface area (Å²) in [5.74, 6) is 0.267. The van der Waals surface area contributed by atoms with Crippen LogP contribution in [0, 0.1) is 0 Å². The van der Waals surface area contributed by atoms with Gasteiger partial charge < -0.3 is 10.1 Å². The molecule has 24 heavy (non-hydrogen) atoms. The Bertz CT molecular complexity index is 831. The van der Waals surface area contributed by atoms with Gasteiger partial charge in [-0.1, -0.05) is 11.6 Å². The lowest BCUT2D eigenvalue weighted by Gasteiger charge is -2.18. The van der Waals surface area contributed by atoms with E-state index in [1.54, 1.807) is 32.0 Å². The van der Waals surface area contributed by atoms with Gasteiger partial charge in [0, 0.05) is 17.1 Å². The first kappa shape index (κ1) is 18.3. The summed E-state index contributed by atoms with van der Waals surface area (Å²) in [4.78, 5) is 12.2. The van der Waals surface area contributed by atoms with Crippen molar-refractivity contribution in [1.29, 1.82) is 0 Å². The Morgan fingerprint density at radius 3 is 2.71 bits per heavy atom. The molecule has 0 bridgehead atoms. The Hall–Kier alpha value is -2.06. The summed E-state index contributed by atoms with van der Waals surface area (Å²) in [5.41, 5.74) is 2.06. The average Bonchev–Trinajstić information content (AvgIpc) is 2.45. The maximum absolute atomic E-state index is 12.2. The normalized spacial score (nSPS) is 16.2. The number of carbonyl (C=O) groups excluding carboxylic acids is 1. The minimum absolute atomic E-state index is 0.164. The van der Waals surface area contributed by atoms with E-state index in [9.17, 15) is 13.2 Å².